The molecule has 0 aliphatic carbocycles. The number of urea groups is 1. The number of amides is 3. The summed E-state index contributed by atoms with van der Waals surface area (Å²) in [5.74, 6) is 0.160. The monoisotopic (exact) mass is 466 g/mol. The molecule has 1 fully saturated rings. The number of furan rings is 1. The second kappa shape index (κ2) is 9.72. The molecule has 2 heterocycles. The molecule has 1 aromatic heterocycles. The highest BCUT2D eigenvalue weighted by molar-refractivity contribution is 7.89. The molecule has 3 aromatic rings. The number of sulfonamides is 1. The number of anilines is 2. The molecule has 0 saturated carbocycles. The van der Waals surface area contributed by atoms with Crippen molar-refractivity contribution in [2.24, 2.45) is 0 Å². The normalized spacial score (nSPS) is 13.9. The smallest absolute Gasteiger partial charge is 0.321 e. The molecule has 3 amide bonds. The standard InChI is InChI=1S/C23H22N4O5S/c28-22(26-18-3-1-4-19(15-18)27-13-12-24-23(27)29)11-8-17-6-9-21(10-7-17)33(30,31)25-16-20-5-2-14-32-20/h1-11,14-15,25H,12-13,16H2,(H,24,29)(H,26,28). The van der Waals surface area contributed by atoms with Gasteiger partial charge in [0.05, 0.1) is 17.7 Å². The molecule has 4 rings (SSSR count). The van der Waals surface area contributed by atoms with E-state index in [4.69, 9.17) is 4.42 Å². The summed E-state index contributed by atoms with van der Waals surface area (Å²) < 4.78 is 32.4. The predicted molar refractivity (Wildman–Crippen MR) is 124 cm³/mol. The first kappa shape index (κ1) is 22.3. The van der Waals surface area contributed by atoms with Gasteiger partial charge in [-0.2, -0.15) is 0 Å². The number of hydrogen-bond acceptors (Lipinski definition) is 5. The Bertz CT molecular complexity index is 1270. The molecular weight excluding hydrogens is 444 g/mol. The molecular formula is C23H22N4O5S. The van der Waals surface area contributed by atoms with Crippen LogP contribution in [0.2, 0.25) is 0 Å². The molecule has 2 aromatic carbocycles. The van der Waals surface area contributed by atoms with Crippen LogP contribution in [0, 0.1) is 0 Å². The first-order valence-electron chi connectivity index (χ1n) is 10.2. The molecule has 33 heavy (non-hydrogen) atoms. The van der Waals surface area contributed by atoms with Gasteiger partial charge in [0.25, 0.3) is 0 Å². The molecule has 3 N–H and O–H groups in total. The van der Waals surface area contributed by atoms with Crippen LogP contribution < -0.4 is 20.3 Å². The van der Waals surface area contributed by atoms with Crippen LogP contribution in [0.25, 0.3) is 6.08 Å². The Labute approximate surface area is 191 Å². The lowest BCUT2D eigenvalue weighted by atomic mass is 10.2. The molecule has 170 valence electrons. The molecule has 1 aliphatic heterocycles. The molecule has 1 aliphatic rings. The summed E-state index contributed by atoms with van der Waals surface area (Å²) in [6.45, 7) is 1.21. The predicted octanol–water partition coefficient (Wildman–Crippen LogP) is 2.94. The summed E-state index contributed by atoms with van der Waals surface area (Å²) in [5, 5.41) is 5.49. The lowest BCUT2D eigenvalue weighted by molar-refractivity contribution is -0.111. The number of carbonyl (C=O) groups is 2. The van der Waals surface area contributed by atoms with Gasteiger partial charge >= 0.3 is 6.03 Å². The van der Waals surface area contributed by atoms with E-state index in [1.807, 2.05) is 0 Å². The number of carbonyl (C=O) groups excluding carboxylic acids is 2. The summed E-state index contributed by atoms with van der Waals surface area (Å²) in [7, 11) is -3.69. The highest BCUT2D eigenvalue weighted by Gasteiger charge is 2.21. The molecule has 9 nitrogen and oxygen atoms in total. The van der Waals surface area contributed by atoms with E-state index in [2.05, 4.69) is 15.4 Å². The summed E-state index contributed by atoms with van der Waals surface area (Å²) in [6.07, 6.45) is 4.41. The van der Waals surface area contributed by atoms with Crippen LogP contribution in [0.15, 0.2) is 82.3 Å². The van der Waals surface area contributed by atoms with Crippen LogP contribution in [0.5, 0.6) is 0 Å². The zero-order valence-corrected chi connectivity index (χ0v) is 18.3. The van der Waals surface area contributed by atoms with Crippen molar-refractivity contribution in [2.45, 2.75) is 11.4 Å². The van der Waals surface area contributed by atoms with Crippen molar-refractivity contribution in [1.82, 2.24) is 10.0 Å². The molecule has 0 unspecified atom stereocenters. The number of rotatable bonds is 8. The molecule has 0 atom stereocenters. The van der Waals surface area contributed by atoms with Gasteiger partial charge in [0.1, 0.15) is 5.76 Å². The van der Waals surface area contributed by atoms with Crippen LogP contribution in [0.4, 0.5) is 16.2 Å². The number of nitrogens with zero attached hydrogens (tertiary/aromatic N) is 1. The Morgan fingerprint density at radius 1 is 1.12 bits per heavy atom. The molecule has 0 bridgehead atoms. The Balaban J connectivity index is 1.35. The van der Waals surface area contributed by atoms with Gasteiger partial charge in [0, 0.05) is 30.5 Å². The van der Waals surface area contributed by atoms with Crippen molar-refractivity contribution in [3.8, 4) is 0 Å². The maximum Gasteiger partial charge on any atom is 0.321 e. The molecule has 0 radical (unpaired) electrons. The topological polar surface area (TPSA) is 121 Å². The fraction of sp³-hybridized carbons (Fsp3) is 0.130. The lowest BCUT2D eigenvalue weighted by Gasteiger charge is -2.15. The molecule has 10 heteroatoms. The maximum atomic E-state index is 12.4. The summed E-state index contributed by atoms with van der Waals surface area (Å²) in [6, 6.07) is 16.4. The van der Waals surface area contributed by atoms with Crippen LogP contribution in [0.1, 0.15) is 11.3 Å². The van der Waals surface area contributed by atoms with Gasteiger partial charge in [0.2, 0.25) is 15.9 Å². The van der Waals surface area contributed by atoms with Crippen molar-refractivity contribution in [2.75, 3.05) is 23.3 Å². The highest BCUT2D eigenvalue weighted by Crippen LogP contribution is 2.21. The molecule has 0 spiro atoms. The van der Waals surface area contributed by atoms with Gasteiger partial charge in [0.15, 0.2) is 0 Å². The van der Waals surface area contributed by atoms with Crippen LogP contribution >= 0.6 is 0 Å². The quantitative estimate of drug-likeness (QED) is 0.441. The van der Waals surface area contributed by atoms with Crippen molar-refractivity contribution >= 4 is 39.4 Å². The fourth-order valence-corrected chi connectivity index (χ4v) is 4.24. The SMILES string of the molecule is O=C(C=Cc1ccc(S(=O)(=O)NCc2ccco2)cc1)Nc1cccc(N2CCNC2=O)c1. The number of hydrogen-bond donors (Lipinski definition) is 3. The van der Waals surface area contributed by atoms with Gasteiger partial charge in [-0.1, -0.05) is 18.2 Å². The van der Waals surface area contributed by atoms with E-state index in [0.29, 0.717) is 35.8 Å². The van der Waals surface area contributed by atoms with Crippen LogP contribution in [0.3, 0.4) is 0 Å². The average Bonchev–Trinajstić information content (AvgIpc) is 3.49. The minimum absolute atomic E-state index is 0.0563. The second-order valence-corrected chi connectivity index (χ2v) is 9.00. The summed E-state index contributed by atoms with van der Waals surface area (Å²) in [5.41, 5.74) is 1.92. The summed E-state index contributed by atoms with van der Waals surface area (Å²) >= 11 is 0. The third kappa shape index (κ3) is 5.68. The van der Waals surface area contributed by atoms with E-state index in [1.54, 1.807) is 59.5 Å². The van der Waals surface area contributed by atoms with Crippen LogP contribution in [-0.4, -0.2) is 33.4 Å². The van der Waals surface area contributed by atoms with Gasteiger partial charge in [-0.05, 0) is 54.1 Å². The number of nitrogens with one attached hydrogen (secondary N) is 3. The van der Waals surface area contributed by atoms with E-state index in [9.17, 15) is 18.0 Å². The van der Waals surface area contributed by atoms with E-state index in [0.717, 1.165) is 0 Å². The third-order valence-corrected chi connectivity index (χ3v) is 6.33. The average molecular weight is 467 g/mol. The van der Waals surface area contributed by atoms with Gasteiger partial charge < -0.3 is 15.1 Å². The minimum Gasteiger partial charge on any atom is -0.468 e. The Hall–Kier alpha value is -3.89. The Kier molecular flexibility index (Phi) is 6.57. The lowest BCUT2D eigenvalue weighted by Crippen LogP contribution is -2.27. The van der Waals surface area contributed by atoms with Crippen LogP contribution in [-0.2, 0) is 21.4 Å². The zero-order chi connectivity index (χ0) is 23.3. The minimum atomic E-state index is -3.69. The first-order valence-corrected chi connectivity index (χ1v) is 11.7. The second-order valence-electron chi connectivity index (χ2n) is 7.23. The van der Waals surface area contributed by atoms with Gasteiger partial charge in [-0.3, -0.25) is 9.69 Å². The van der Waals surface area contributed by atoms with Crippen molar-refractivity contribution in [3.63, 3.8) is 0 Å². The van der Waals surface area contributed by atoms with E-state index < -0.39 is 10.0 Å². The maximum absolute atomic E-state index is 12.4. The number of benzene rings is 2. The van der Waals surface area contributed by atoms with E-state index in [1.165, 1.54) is 24.5 Å². The largest absolute Gasteiger partial charge is 0.468 e. The van der Waals surface area contributed by atoms with E-state index in [-0.39, 0.29) is 23.4 Å². The van der Waals surface area contributed by atoms with Crippen molar-refractivity contribution in [1.29, 1.82) is 0 Å². The van der Waals surface area contributed by atoms with Crippen molar-refractivity contribution in [3.05, 3.63) is 84.3 Å². The van der Waals surface area contributed by atoms with E-state index >= 15 is 0 Å². The Morgan fingerprint density at radius 3 is 2.64 bits per heavy atom. The zero-order valence-electron chi connectivity index (χ0n) is 17.5. The van der Waals surface area contributed by atoms with Gasteiger partial charge in [-0.15, -0.1) is 0 Å². The molecule has 1 saturated heterocycles. The van der Waals surface area contributed by atoms with Gasteiger partial charge in [-0.25, -0.2) is 17.9 Å². The van der Waals surface area contributed by atoms with Crippen molar-refractivity contribution < 1.29 is 22.4 Å². The Morgan fingerprint density at radius 2 is 1.94 bits per heavy atom. The summed E-state index contributed by atoms with van der Waals surface area (Å²) in [4.78, 5) is 25.8. The highest BCUT2D eigenvalue weighted by atomic mass is 32.2. The fourth-order valence-electron chi connectivity index (χ4n) is 3.25. The third-order valence-electron chi connectivity index (χ3n) is 4.92. The first-order chi connectivity index (χ1) is 15.9.